The molecule has 0 rings (SSSR count). The number of nitrogens with one attached hydrogen (secondary N) is 2. The molecule has 0 aromatic rings. The van der Waals surface area contributed by atoms with Crippen LogP contribution in [0.2, 0.25) is 0 Å². The Morgan fingerprint density at radius 3 is 2.37 bits per heavy atom. The standard InChI is InChI=1S/C12H24N2O4S/c1-10(2)11(15)13-8-6-12(3,4)14-7-5-9-19(16,17)18/h14H,1,5-9H2,2-4H3,(H,13,15)(H,16,17,18). The van der Waals surface area contributed by atoms with Gasteiger partial charge in [0.25, 0.3) is 10.1 Å². The van der Waals surface area contributed by atoms with E-state index < -0.39 is 10.1 Å². The monoisotopic (exact) mass is 292 g/mol. The summed E-state index contributed by atoms with van der Waals surface area (Å²) in [6.07, 6.45) is 1.05. The van der Waals surface area contributed by atoms with Gasteiger partial charge in [-0.25, -0.2) is 0 Å². The predicted octanol–water partition coefficient (Wildman–Crippen LogP) is 0.715. The Balaban J connectivity index is 3.86. The molecule has 0 bridgehead atoms. The topological polar surface area (TPSA) is 95.5 Å². The maximum absolute atomic E-state index is 11.3. The highest BCUT2D eigenvalue weighted by Crippen LogP contribution is 2.07. The van der Waals surface area contributed by atoms with Gasteiger partial charge in [0.2, 0.25) is 5.91 Å². The number of carbonyl (C=O) groups is 1. The molecule has 0 spiro atoms. The van der Waals surface area contributed by atoms with Crippen molar-refractivity contribution in [2.45, 2.75) is 39.2 Å². The summed E-state index contributed by atoms with van der Waals surface area (Å²) in [5.74, 6) is -0.412. The molecule has 0 fully saturated rings. The average molecular weight is 292 g/mol. The number of amides is 1. The van der Waals surface area contributed by atoms with Crippen LogP contribution in [-0.2, 0) is 14.9 Å². The first-order valence-electron chi connectivity index (χ1n) is 6.17. The van der Waals surface area contributed by atoms with Gasteiger partial charge in [-0.2, -0.15) is 8.42 Å². The van der Waals surface area contributed by atoms with Gasteiger partial charge in [0, 0.05) is 17.7 Å². The molecule has 0 unspecified atom stereocenters. The number of hydrogen-bond donors (Lipinski definition) is 3. The number of hydrogen-bond acceptors (Lipinski definition) is 4. The minimum absolute atomic E-state index is 0.165. The van der Waals surface area contributed by atoms with E-state index in [1.165, 1.54) is 0 Å². The maximum Gasteiger partial charge on any atom is 0.264 e. The van der Waals surface area contributed by atoms with E-state index >= 15 is 0 Å². The Kier molecular flexibility index (Phi) is 7.25. The number of carbonyl (C=O) groups excluding carboxylic acids is 1. The van der Waals surface area contributed by atoms with Crippen molar-refractivity contribution in [2.75, 3.05) is 18.8 Å². The van der Waals surface area contributed by atoms with Crippen LogP contribution >= 0.6 is 0 Å². The normalized spacial score (nSPS) is 12.2. The molecule has 7 heteroatoms. The quantitative estimate of drug-likeness (QED) is 0.330. The minimum atomic E-state index is -3.89. The third-order valence-corrected chi connectivity index (χ3v) is 3.41. The zero-order valence-electron chi connectivity index (χ0n) is 11.8. The fourth-order valence-corrected chi connectivity index (χ4v) is 1.92. The van der Waals surface area contributed by atoms with Gasteiger partial charge >= 0.3 is 0 Å². The molecule has 112 valence electrons. The summed E-state index contributed by atoms with van der Waals surface area (Å²) < 4.78 is 29.7. The van der Waals surface area contributed by atoms with Gasteiger partial charge in [-0.3, -0.25) is 9.35 Å². The fourth-order valence-electron chi connectivity index (χ4n) is 1.41. The van der Waals surface area contributed by atoms with Crippen LogP contribution < -0.4 is 10.6 Å². The number of rotatable bonds is 9. The lowest BCUT2D eigenvalue weighted by molar-refractivity contribution is -0.117. The Bertz CT molecular complexity index is 415. The Labute approximate surface area is 115 Å². The molecule has 1 amide bonds. The average Bonchev–Trinajstić information content (AvgIpc) is 2.22. The van der Waals surface area contributed by atoms with E-state index in [0.29, 0.717) is 31.5 Å². The van der Waals surface area contributed by atoms with Gasteiger partial charge < -0.3 is 10.6 Å². The van der Waals surface area contributed by atoms with Gasteiger partial charge in [0.1, 0.15) is 0 Å². The van der Waals surface area contributed by atoms with Crippen molar-refractivity contribution < 1.29 is 17.8 Å². The van der Waals surface area contributed by atoms with Crippen molar-refractivity contribution in [1.82, 2.24) is 10.6 Å². The predicted molar refractivity (Wildman–Crippen MR) is 75.6 cm³/mol. The Morgan fingerprint density at radius 2 is 1.89 bits per heavy atom. The molecule has 0 radical (unpaired) electrons. The third kappa shape index (κ3) is 10.7. The van der Waals surface area contributed by atoms with Crippen molar-refractivity contribution >= 4 is 16.0 Å². The van der Waals surface area contributed by atoms with E-state index in [-0.39, 0.29) is 17.2 Å². The highest BCUT2D eigenvalue weighted by atomic mass is 32.2. The first-order valence-corrected chi connectivity index (χ1v) is 7.78. The molecular weight excluding hydrogens is 268 g/mol. The molecular formula is C12H24N2O4S. The minimum Gasteiger partial charge on any atom is -0.352 e. The van der Waals surface area contributed by atoms with Gasteiger partial charge in [-0.1, -0.05) is 6.58 Å². The second-order valence-corrected chi connectivity index (χ2v) is 6.81. The van der Waals surface area contributed by atoms with E-state index in [2.05, 4.69) is 17.2 Å². The fraction of sp³-hybridized carbons (Fsp3) is 0.750. The highest BCUT2D eigenvalue weighted by molar-refractivity contribution is 7.85. The largest absolute Gasteiger partial charge is 0.352 e. The van der Waals surface area contributed by atoms with Crippen LogP contribution in [0.3, 0.4) is 0 Å². The lowest BCUT2D eigenvalue weighted by Gasteiger charge is -2.26. The van der Waals surface area contributed by atoms with Crippen LogP contribution in [0.25, 0.3) is 0 Å². The molecule has 0 aromatic heterocycles. The van der Waals surface area contributed by atoms with Crippen molar-refractivity contribution in [3.8, 4) is 0 Å². The smallest absolute Gasteiger partial charge is 0.264 e. The lowest BCUT2D eigenvalue weighted by Crippen LogP contribution is -2.43. The van der Waals surface area contributed by atoms with Gasteiger partial charge in [0.05, 0.1) is 5.75 Å². The highest BCUT2D eigenvalue weighted by Gasteiger charge is 2.17. The summed E-state index contributed by atoms with van der Waals surface area (Å²) in [4.78, 5) is 11.3. The van der Waals surface area contributed by atoms with Crippen LogP contribution in [0, 0.1) is 0 Å². The van der Waals surface area contributed by atoms with E-state index in [1.54, 1.807) is 6.92 Å². The molecule has 0 saturated carbocycles. The van der Waals surface area contributed by atoms with Crippen molar-refractivity contribution in [3.63, 3.8) is 0 Å². The summed E-state index contributed by atoms with van der Waals surface area (Å²) in [5, 5.41) is 5.92. The van der Waals surface area contributed by atoms with E-state index in [9.17, 15) is 13.2 Å². The summed E-state index contributed by atoms with van der Waals surface area (Å²) in [6, 6.07) is 0. The molecule has 19 heavy (non-hydrogen) atoms. The first-order chi connectivity index (χ1) is 8.53. The first kappa shape index (κ1) is 18.1. The summed E-state index contributed by atoms with van der Waals surface area (Å²) in [5.41, 5.74) is 0.251. The SMILES string of the molecule is C=C(C)C(=O)NCCC(C)(C)NCCCS(=O)(=O)O. The third-order valence-electron chi connectivity index (χ3n) is 2.61. The summed E-state index contributed by atoms with van der Waals surface area (Å²) in [7, 11) is -3.89. The summed E-state index contributed by atoms with van der Waals surface area (Å²) >= 11 is 0. The second-order valence-electron chi connectivity index (χ2n) is 5.24. The molecule has 3 N–H and O–H groups in total. The van der Waals surface area contributed by atoms with Crippen LogP contribution in [0.1, 0.15) is 33.6 Å². The van der Waals surface area contributed by atoms with Crippen molar-refractivity contribution in [2.24, 2.45) is 0 Å². The van der Waals surface area contributed by atoms with Gasteiger partial charge in [-0.15, -0.1) is 0 Å². The van der Waals surface area contributed by atoms with E-state index in [4.69, 9.17) is 4.55 Å². The van der Waals surface area contributed by atoms with Crippen LogP contribution in [0.4, 0.5) is 0 Å². The van der Waals surface area contributed by atoms with E-state index in [0.717, 1.165) is 0 Å². The molecule has 0 atom stereocenters. The molecule has 6 nitrogen and oxygen atoms in total. The molecule has 0 aliphatic rings. The molecule has 0 saturated heterocycles. The molecule has 0 aliphatic carbocycles. The Morgan fingerprint density at radius 1 is 1.32 bits per heavy atom. The zero-order valence-corrected chi connectivity index (χ0v) is 12.6. The second kappa shape index (κ2) is 7.62. The maximum atomic E-state index is 11.3. The summed E-state index contributed by atoms with van der Waals surface area (Å²) in [6.45, 7) is 10.1. The van der Waals surface area contributed by atoms with Crippen molar-refractivity contribution in [3.05, 3.63) is 12.2 Å². The van der Waals surface area contributed by atoms with Crippen LogP contribution in [0.15, 0.2) is 12.2 Å². The zero-order chi connectivity index (χ0) is 15.1. The van der Waals surface area contributed by atoms with Crippen LogP contribution in [0.5, 0.6) is 0 Å². The van der Waals surface area contributed by atoms with Gasteiger partial charge in [0.15, 0.2) is 0 Å². The molecule has 0 heterocycles. The van der Waals surface area contributed by atoms with Crippen molar-refractivity contribution in [1.29, 1.82) is 0 Å². The Hall–Kier alpha value is -0.920. The van der Waals surface area contributed by atoms with Gasteiger partial charge in [-0.05, 0) is 40.2 Å². The molecule has 0 aliphatic heterocycles. The lowest BCUT2D eigenvalue weighted by atomic mass is 10.0. The molecule has 0 aromatic carbocycles. The van der Waals surface area contributed by atoms with Crippen LogP contribution in [-0.4, -0.2) is 43.3 Å². The van der Waals surface area contributed by atoms with E-state index in [1.807, 2.05) is 13.8 Å².